The fourth-order valence-electron chi connectivity index (χ4n) is 3.09. The van der Waals surface area contributed by atoms with Crippen LogP contribution in [-0.4, -0.2) is 41.9 Å². The van der Waals surface area contributed by atoms with Crippen LogP contribution >= 0.6 is 0 Å². The van der Waals surface area contributed by atoms with Crippen LogP contribution in [0.25, 0.3) is 0 Å². The molecule has 6 nitrogen and oxygen atoms in total. The summed E-state index contributed by atoms with van der Waals surface area (Å²) < 4.78 is 6.98. The van der Waals surface area contributed by atoms with Crippen molar-refractivity contribution in [2.75, 3.05) is 25.1 Å². The number of anilines is 1. The van der Waals surface area contributed by atoms with Crippen molar-refractivity contribution < 1.29 is 9.53 Å². The molecule has 6 heteroatoms. The van der Waals surface area contributed by atoms with E-state index in [-0.39, 0.29) is 18.0 Å². The predicted molar refractivity (Wildman–Crippen MR) is 93.3 cm³/mol. The Kier molecular flexibility index (Phi) is 5.03. The van der Waals surface area contributed by atoms with Gasteiger partial charge in [0.1, 0.15) is 11.8 Å². The van der Waals surface area contributed by atoms with E-state index in [1.165, 1.54) is 0 Å². The van der Waals surface area contributed by atoms with Crippen LogP contribution < -0.4 is 15.0 Å². The summed E-state index contributed by atoms with van der Waals surface area (Å²) in [5.41, 5.74) is 1.13. The van der Waals surface area contributed by atoms with E-state index in [1.54, 1.807) is 18.0 Å². The minimum absolute atomic E-state index is 0.0104. The number of aromatic nitrogens is 2. The second-order valence-electron chi connectivity index (χ2n) is 6.16. The molecule has 24 heavy (non-hydrogen) atoms. The van der Waals surface area contributed by atoms with Crippen LogP contribution in [0.15, 0.2) is 42.7 Å². The molecule has 0 saturated carbocycles. The molecule has 0 aliphatic carbocycles. The van der Waals surface area contributed by atoms with Crippen molar-refractivity contribution in [1.82, 2.24) is 15.1 Å². The first-order valence-electron chi connectivity index (χ1n) is 8.36. The van der Waals surface area contributed by atoms with Gasteiger partial charge in [-0.3, -0.25) is 9.48 Å². The number of carbonyl (C=O) groups is 1. The van der Waals surface area contributed by atoms with E-state index < -0.39 is 0 Å². The van der Waals surface area contributed by atoms with Gasteiger partial charge in [-0.2, -0.15) is 5.10 Å². The monoisotopic (exact) mass is 328 g/mol. The molecule has 1 aliphatic heterocycles. The minimum Gasteiger partial charge on any atom is -0.497 e. The number of amides is 1. The summed E-state index contributed by atoms with van der Waals surface area (Å²) in [6.07, 6.45) is 5.55. The molecule has 1 amide bonds. The van der Waals surface area contributed by atoms with E-state index in [9.17, 15) is 4.79 Å². The first kappa shape index (κ1) is 16.4. The van der Waals surface area contributed by atoms with Gasteiger partial charge in [0.05, 0.1) is 7.11 Å². The number of hydrogen-bond donors (Lipinski definition) is 1. The Morgan fingerprint density at radius 3 is 3.04 bits per heavy atom. The zero-order valence-electron chi connectivity index (χ0n) is 14.2. The summed E-state index contributed by atoms with van der Waals surface area (Å²) in [7, 11) is 1.68. The van der Waals surface area contributed by atoms with Gasteiger partial charge in [-0.1, -0.05) is 6.07 Å². The number of piperidine rings is 1. The Balaban J connectivity index is 1.62. The zero-order valence-corrected chi connectivity index (χ0v) is 14.2. The maximum absolute atomic E-state index is 12.4. The van der Waals surface area contributed by atoms with Crippen molar-refractivity contribution in [3.05, 3.63) is 42.7 Å². The van der Waals surface area contributed by atoms with Gasteiger partial charge >= 0.3 is 0 Å². The molecule has 1 aromatic carbocycles. The lowest BCUT2D eigenvalue weighted by Crippen LogP contribution is -2.49. The van der Waals surface area contributed by atoms with Gasteiger partial charge in [0.15, 0.2) is 0 Å². The number of carbonyl (C=O) groups excluding carboxylic acids is 1. The number of nitrogens with zero attached hydrogens (tertiary/aromatic N) is 3. The van der Waals surface area contributed by atoms with Crippen LogP contribution in [0, 0.1) is 0 Å². The molecule has 1 aliphatic rings. The van der Waals surface area contributed by atoms with Gasteiger partial charge < -0.3 is 15.0 Å². The molecule has 1 N–H and O–H groups in total. The molecular formula is C18H24N4O2. The van der Waals surface area contributed by atoms with E-state index in [0.29, 0.717) is 0 Å². The molecule has 0 bridgehead atoms. The standard InChI is InChI=1S/C18H24N4O2/c1-14(22-11-5-9-19-22)18(23)20-15-6-4-10-21(13-15)16-7-3-8-17(12-16)24-2/h3,5,7-9,11-12,14-15H,4,6,10,13H2,1-2H3,(H,20,23). The summed E-state index contributed by atoms with van der Waals surface area (Å²) in [5, 5.41) is 7.31. The number of ether oxygens (including phenoxy) is 1. The Morgan fingerprint density at radius 1 is 1.42 bits per heavy atom. The molecule has 2 atom stereocenters. The van der Waals surface area contributed by atoms with Crippen molar-refractivity contribution in [3.63, 3.8) is 0 Å². The van der Waals surface area contributed by atoms with Crippen molar-refractivity contribution in [2.24, 2.45) is 0 Å². The highest BCUT2D eigenvalue weighted by Gasteiger charge is 2.24. The lowest BCUT2D eigenvalue weighted by molar-refractivity contribution is -0.124. The van der Waals surface area contributed by atoms with Crippen molar-refractivity contribution in [2.45, 2.75) is 31.8 Å². The molecule has 0 radical (unpaired) electrons. The number of benzene rings is 1. The van der Waals surface area contributed by atoms with Gasteiger partial charge in [0, 0.05) is 43.3 Å². The quantitative estimate of drug-likeness (QED) is 0.914. The smallest absolute Gasteiger partial charge is 0.244 e. The van der Waals surface area contributed by atoms with E-state index in [1.807, 2.05) is 37.4 Å². The lowest BCUT2D eigenvalue weighted by atomic mass is 10.0. The second kappa shape index (κ2) is 7.38. The Morgan fingerprint density at radius 2 is 2.29 bits per heavy atom. The number of nitrogens with one attached hydrogen (secondary N) is 1. The Hall–Kier alpha value is -2.50. The molecule has 2 unspecified atom stereocenters. The SMILES string of the molecule is COc1cccc(N2CCCC(NC(=O)C(C)n3cccn3)C2)c1. The maximum atomic E-state index is 12.4. The molecule has 1 fully saturated rings. The molecule has 0 spiro atoms. The topological polar surface area (TPSA) is 59.4 Å². The van der Waals surface area contributed by atoms with Gasteiger partial charge in [-0.05, 0) is 38.0 Å². The van der Waals surface area contributed by atoms with E-state index in [4.69, 9.17) is 4.74 Å². The van der Waals surface area contributed by atoms with Crippen molar-refractivity contribution >= 4 is 11.6 Å². The fourth-order valence-corrected chi connectivity index (χ4v) is 3.09. The summed E-state index contributed by atoms with van der Waals surface area (Å²) in [5.74, 6) is 0.863. The molecule has 1 saturated heterocycles. The highest BCUT2D eigenvalue weighted by Crippen LogP contribution is 2.24. The van der Waals surface area contributed by atoms with Gasteiger partial charge in [0.2, 0.25) is 5.91 Å². The van der Waals surface area contributed by atoms with Gasteiger partial charge in [0.25, 0.3) is 0 Å². The highest BCUT2D eigenvalue weighted by molar-refractivity contribution is 5.80. The lowest BCUT2D eigenvalue weighted by Gasteiger charge is -2.35. The van der Waals surface area contributed by atoms with Crippen LogP contribution in [-0.2, 0) is 4.79 Å². The summed E-state index contributed by atoms with van der Waals surface area (Å²) in [6, 6.07) is 9.74. The predicted octanol–water partition coefficient (Wildman–Crippen LogP) is 2.24. The Labute approximate surface area is 142 Å². The third-order valence-corrected chi connectivity index (χ3v) is 4.49. The fraction of sp³-hybridized carbons (Fsp3) is 0.444. The largest absolute Gasteiger partial charge is 0.497 e. The number of methoxy groups -OCH3 is 1. The zero-order chi connectivity index (χ0) is 16.9. The number of hydrogen-bond acceptors (Lipinski definition) is 4. The van der Waals surface area contributed by atoms with Crippen LogP contribution in [0.4, 0.5) is 5.69 Å². The summed E-state index contributed by atoms with van der Waals surface area (Å²) in [4.78, 5) is 14.7. The number of rotatable bonds is 5. The first-order chi connectivity index (χ1) is 11.7. The minimum atomic E-state index is -0.299. The average molecular weight is 328 g/mol. The summed E-state index contributed by atoms with van der Waals surface area (Å²) in [6.45, 7) is 3.67. The third kappa shape index (κ3) is 3.69. The molecule has 3 rings (SSSR count). The van der Waals surface area contributed by atoms with Crippen LogP contribution in [0.3, 0.4) is 0 Å². The van der Waals surface area contributed by atoms with Crippen LogP contribution in [0.1, 0.15) is 25.8 Å². The summed E-state index contributed by atoms with van der Waals surface area (Å²) >= 11 is 0. The average Bonchev–Trinajstić information content (AvgIpc) is 3.16. The Bertz CT molecular complexity index is 671. The first-order valence-corrected chi connectivity index (χ1v) is 8.36. The maximum Gasteiger partial charge on any atom is 0.244 e. The van der Waals surface area contributed by atoms with Gasteiger partial charge in [-0.15, -0.1) is 0 Å². The molecule has 2 aromatic rings. The van der Waals surface area contributed by atoms with Crippen LogP contribution in [0.5, 0.6) is 5.75 Å². The normalized spacial score (nSPS) is 18.9. The third-order valence-electron chi connectivity index (χ3n) is 4.49. The van der Waals surface area contributed by atoms with Crippen LogP contribution in [0.2, 0.25) is 0 Å². The molecule has 1 aromatic heterocycles. The molecule has 128 valence electrons. The van der Waals surface area contributed by atoms with Crippen molar-refractivity contribution in [3.8, 4) is 5.75 Å². The second-order valence-corrected chi connectivity index (χ2v) is 6.16. The molecule has 2 heterocycles. The highest BCUT2D eigenvalue weighted by atomic mass is 16.5. The van der Waals surface area contributed by atoms with E-state index in [0.717, 1.165) is 37.4 Å². The molecular weight excluding hydrogens is 304 g/mol. The van der Waals surface area contributed by atoms with E-state index in [2.05, 4.69) is 21.4 Å². The van der Waals surface area contributed by atoms with E-state index >= 15 is 0 Å². The van der Waals surface area contributed by atoms with Crippen molar-refractivity contribution in [1.29, 1.82) is 0 Å². The van der Waals surface area contributed by atoms with Gasteiger partial charge in [-0.25, -0.2) is 0 Å².